The van der Waals surface area contributed by atoms with Crippen LogP contribution in [0.2, 0.25) is 0 Å². The first kappa shape index (κ1) is 22.7. The zero-order valence-electron chi connectivity index (χ0n) is 17.4. The van der Waals surface area contributed by atoms with Crippen molar-refractivity contribution >= 4 is 22.4 Å². The summed E-state index contributed by atoms with van der Waals surface area (Å²) >= 11 is 0. The molecule has 162 valence electrons. The van der Waals surface area contributed by atoms with Gasteiger partial charge >= 0.3 is 0 Å². The predicted molar refractivity (Wildman–Crippen MR) is 116 cm³/mol. The van der Waals surface area contributed by atoms with Crippen LogP contribution in [0.15, 0.2) is 54.6 Å². The molecular weight excluding hydrogens is 407 g/mol. The predicted octanol–water partition coefficient (Wildman–Crippen LogP) is 8.48. The first-order valence-corrected chi connectivity index (χ1v) is 10.2. The van der Waals surface area contributed by atoms with Gasteiger partial charge in [0.2, 0.25) is 0 Å². The van der Waals surface area contributed by atoms with Crippen molar-refractivity contribution < 1.29 is 22.0 Å². The van der Waals surface area contributed by atoms with Gasteiger partial charge in [-0.05, 0) is 54.8 Å². The molecule has 3 aromatic rings. The first-order valence-electron chi connectivity index (χ1n) is 10.2. The Morgan fingerprint density at radius 3 is 2.19 bits per heavy atom. The molecule has 0 bridgehead atoms. The van der Waals surface area contributed by atoms with E-state index in [1.54, 1.807) is 18.2 Å². The van der Waals surface area contributed by atoms with E-state index >= 15 is 0 Å². The second-order valence-corrected chi connectivity index (χ2v) is 7.37. The summed E-state index contributed by atoms with van der Waals surface area (Å²) in [4.78, 5) is 0. The first-order chi connectivity index (χ1) is 14.9. The fourth-order valence-corrected chi connectivity index (χ4v) is 3.54. The van der Waals surface area contributed by atoms with Crippen molar-refractivity contribution in [1.29, 1.82) is 0 Å². The number of hydrogen-bond donors (Lipinski definition) is 0. The maximum absolute atomic E-state index is 15.0. The minimum Gasteiger partial charge on any atom is -0.205 e. The average Bonchev–Trinajstić information content (AvgIpc) is 2.77. The molecule has 0 saturated heterocycles. The second-order valence-electron chi connectivity index (χ2n) is 7.37. The van der Waals surface area contributed by atoms with Crippen molar-refractivity contribution in [2.24, 2.45) is 0 Å². The monoisotopic (exact) mass is 430 g/mol. The van der Waals surface area contributed by atoms with E-state index < -0.39 is 40.1 Å². The number of halogens is 5. The molecule has 0 aromatic heterocycles. The number of hydrogen-bond acceptors (Lipinski definition) is 0. The molecule has 0 unspecified atom stereocenters. The van der Waals surface area contributed by atoms with Crippen molar-refractivity contribution in [3.05, 3.63) is 94.3 Å². The Morgan fingerprint density at radius 2 is 1.55 bits per heavy atom. The molecule has 0 fully saturated rings. The van der Waals surface area contributed by atoms with E-state index in [0.717, 1.165) is 24.5 Å². The lowest BCUT2D eigenvalue weighted by Gasteiger charge is -2.11. The third kappa shape index (κ3) is 4.71. The Bertz CT molecular complexity index is 1140. The van der Waals surface area contributed by atoms with Crippen molar-refractivity contribution in [1.82, 2.24) is 0 Å². The summed E-state index contributed by atoms with van der Waals surface area (Å²) in [6.07, 6.45) is 6.05. The lowest BCUT2D eigenvalue weighted by Crippen LogP contribution is -2.00. The highest BCUT2D eigenvalue weighted by Crippen LogP contribution is 2.35. The van der Waals surface area contributed by atoms with E-state index in [1.807, 2.05) is 19.9 Å². The molecule has 0 nitrogen and oxygen atoms in total. The Labute approximate surface area is 178 Å². The summed E-state index contributed by atoms with van der Waals surface area (Å²) in [6.45, 7) is 3.82. The van der Waals surface area contributed by atoms with Crippen molar-refractivity contribution in [2.45, 2.75) is 39.5 Å². The molecule has 3 rings (SSSR count). The lowest BCUT2D eigenvalue weighted by atomic mass is 9.98. The fourth-order valence-electron chi connectivity index (χ4n) is 3.54. The zero-order valence-corrected chi connectivity index (χ0v) is 17.4. The summed E-state index contributed by atoms with van der Waals surface area (Å²) in [6, 6.07) is 9.83. The van der Waals surface area contributed by atoms with Crippen molar-refractivity contribution in [3.63, 3.8) is 0 Å². The van der Waals surface area contributed by atoms with Crippen LogP contribution in [0.25, 0.3) is 22.4 Å². The fraction of sp³-hybridized carbons (Fsp3) is 0.231. The van der Waals surface area contributed by atoms with E-state index in [9.17, 15) is 22.0 Å². The van der Waals surface area contributed by atoms with Gasteiger partial charge in [-0.2, -0.15) is 0 Å². The van der Waals surface area contributed by atoms with E-state index in [1.165, 1.54) is 24.3 Å². The number of allylic oxidation sites excluding steroid dienone is 2. The molecule has 31 heavy (non-hydrogen) atoms. The van der Waals surface area contributed by atoms with Crippen LogP contribution in [0, 0.1) is 17.5 Å². The smallest absolute Gasteiger partial charge is 0.169 e. The van der Waals surface area contributed by atoms with Gasteiger partial charge in [-0.1, -0.05) is 55.8 Å². The number of aryl methyl sites for hydroxylation is 2. The highest BCUT2D eigenvalue weighted by molar-refractivity contribution is 5.91. The summed E-state index contributed by atoms with van der Waals surface area (Å²) in [5, 5.41) is -0.598. The van der Waals surface area contributed by atoms with Gasteiger partial charge in [0.05, 0.1) is 5.39 Å². The van der Waals surface area contributed by atoms with Gasteiger partial charge in [0, 0.05) is 11.1 Å². The zero-order chi connectivity index (χ0) is 22.5. The topological polar surface area (TPSA) is 0 Å². The van der Waals surface area contributed by atoms with Gasteiger partial charge in [0.15, 0.2) is 23.3 Å². The summed E-state index contributed by atoms with van der Waals surface area (Å²) < 4.78 is 73.6. The van der Waals surface area contributed by atoms with Gasteiger partial charge in [-0.3, -0.25) is 0 Å². The van der Waals surface area contributed by atoms with Crippen molar-refractivity contribution in [2.75, 3.05) is 0 Å². The minimum absolute atomic E-state index is 0.0529. The largest absolute Gasteiger partial charge is 0.205 e. The van der Waals surface area contributed by atoms with E-state index in [-0.39, 0.29) is 22.9 Å². The molecule has 0 aliphatic heterocycles. The second kappa shape index (κ2) is 9.90. The number of fused-ring (bicyclic) bond motifs is 1. The Morgan fingerprint density at radius 1 is 0.839 bits per heavy atom. The average molecular weight is 430 g/mol. The maximum atomic E-state index is 15.0. The van der Waals surface area contributed by atoms with E-state index in [0.29, 0.717) is 6.42 Å². The molecule has 5 heteroatoms. The van der Waals surface area contributed by atoms with Gasteiger partial charge in [0.1, 0.15) is 5.82 Å². The van der Waals surface area contributed by atoms with Crippen LogP contribution in [-0.2, 0) is 12.8 Å². The van der Waals surface area contributed by atoms with E-state index in [4.69, 9.17) is 0 Å². The Kier molecular flexibility index (Phi) is 7.26. The third-order valence-corrected chi connectivity index (χ3v) is 5.19. The Hall–Kier alpha value is -2.95. The molecular formula is C26H23F5. The van der Waals surface area contributed by atoms with E-state index in [2.05, 4.69) is 0 Å². The van der Waals surface area contributed by atoms with Crippen LogP contribution in [0.3, 0.4) is 0 Å². The molecule has 0 N–H and O–H groups in total. The van der Waals surface area contributed by atoms with Crippen molar-refractivity contribution in [3.8, 4) is 0 Å². The lowest BCUT2D eigenvalue weighted by molar-refractivity contribution is 0.502. The van der Waals surface area contributed by atoms with Crippen LogP contribution in [-0.4, -0.2) is 0 Å². The van der Waals surface area contributed by atoms with Crippen LogP contribution < -0.4 is 0 Å². The SMILES string of the molecule is C/C=C/CCc1cc2ccc(C(F)=C(F)c3ccc(CCC)cc3)c(F)c2c(F)c1F. The van der Waals surface area contributed by atoms with Gasteiger partial charge in [0.25, 0.3) is 0 Å². The summed E-state index contributed by atoms with van der Waals surface area (Å²) in [5.41, 5.74) is 0.272. The van der Waals surface area contributed by atoms with Crippen LogP contribution in [0.4, 0.5) is 22.0 Å². The molecule has 0 radical (unpaired) electrons. The summed E-state index contributed by atoms with van der Waals surface area (Å²) in [5.74, 6) is -6.62. The third-order valence-electron chi connectivity index (χ3n) is 5.19. The van der Waals surface area contributed by atoms with Crippen LogP contribution in [0.5, 0.6) is 0 Å². The maximum Gasteiger partial charge on any atom is 0.169 e. The van der Waals surface area contributed by atoms with Crippen LogP contribution in [0.1, 0.15) is 48.9 Å². The molecule has 0 aliphatic rings. The molecule has 0 saturated carbocycles. The normalized spacial score (nSPS) is 12.6. The van der Waals surface area contributed by atoms with Gasteiger partial charge < -0.3 is 0 Å². The number of rotatable bonds is 7. The number of benzene rings is 3. The summed E-state index contributed by atoms with van der Waals surface area (Å²) in [7, 11) is 0. The highest BCUT2D eigenvalue weighted by atomic mass is 19.2. The van der Waals surface area contributed by atoms with Crippen LogP contribution >= 0.6 is 0 Å². The quantitative estimate of drug-likeness (QED) is 0.200. The van der Waals surface area contributed by atoms with Gasteiger partial charge in [-0.15, -0.1) is 0 Å². The minimum atomic E-state index is -1.46. The molecule has 0 spiro atoms. The molecule has 0 aliphatic carbocycles. The van der Waals surface area contributed by atoms with Gasteiger partial charge in [-0.25, -0.2) is 22.0 Å². The standard InChI is InChI=1S/C26H23F5/c1-3-5-6-8-19-15-18-13-14-20(24(29)21(18)26(31)23(19)28)25(30)22(27)17-11-9-16(7-4-2)10-12-17/h3,5,9-15H,4,6-8H2,1-2H3/b5-3+,25-22?. The molecule has 0 amide bonds. The Balaban J connectivity index is 2.06. The molecule has 3 aromatic carbocycles. The molecule has 0 atom stereocenters. The molecule has 0 heterocycles. The highest BCUT2D eigenvalue weighted by Gasteiger charge is 2.22.